The zero-order valence-corrected chi connectivity index (χ0v) is 10.6. The Morgan fingerprint density at radius 2 is 1.55 bits per heavy atom. The molecule has 0 aliphatic rings. The van der Waals surface area contributed by atoms with E-state index in [2.05, 4.69) is 20.8 Å². The van der Waals surface area contributed by atoms with Crippen LogP contribution in [0.2, 0.25) is 18.1 Å². The zero-order chi connectivity index (χ0) is 8.74. The molecule has 0 aromatic carbocycles. The summed E-state index contributed by atoms with van der Waals surface area (Å²) in [5.41, 5.74) is 0. The molecule has 0 aromatic rings. The molecule has 0 spiro atoms. The Hall–Kier alpha value is 0.354. The summed E-state index contributed by atoms with van der Waals surface area (Å²) < 4.78 is 10.9. The van der Waals surface area contributed by atoms with E-state index in [1.165, 1.54) is 18.1 Å². The molecule has 0 bridgehead atoms. The molecule has 0 aromatic heterocycles. The van der Waals surface area contributed by atoms with E-state index < -0.39 is 18.3 Å². The van der Waals surface area contributed by atoms with Gasteiger partial charge in [0.2, 0.25) is 0 Å². The number of rotatable bonds is 6. The third-order valence-electron chi connectivity index (χ3n) is 2.42. The Kier molecular flexibility index (Phi) is 6.13. The van der Waals surface area contributed by atoms with Crippen LogP contribution in [0.4, 0.5) is 0 Å². The summed E-state index contributed by atoms with van der Waals surface area (Å²) in [7, 11) is -0.213. The minimum atomic E-state index is -1.30. The second-order valence-electron chi connectivity index (χ2n) is 2.79. The van der Waals surface area contributed by atoms with Crippen molar-refractivity contribution < 1.29 is 8.54 Å². The molecule has 2 nitrogen and oxygen atoms in total. The highest BCUT2D eigenvalue weighted by molar-refractivity contribution is 6.76. The van der Waals surface area contributed by atoms with E-state index in [0.29, 0.717) is 0 Å². The first kappa shape index (κ1) is 11.4. The summed E-state index contributed by atoms with van der Waals surface area (Å²) in [5, 5.41) is 0. The molecule has 0 aliphatic heterocycles. The minimum Gasteiger partial charge on any atom is -0.440 e. The van der Waals surface area contributed by atoms with Crippen LogP contribution in [0.15, 0.2) is 0 Å². The summed E-state index contributed by atoms with van der Waals surface area (Å²) in [6.45, 7) is 6.72. The molecule has 11 heavy (non-hydrogen) atoms. The third kappa shape index (κ3) is 3.51. The van der Waals surface area contributed by atoms with Crippen LogP contribution in [0.5, 0.6) is 0 Å². The van der Waals surface area contributed by atoms with Crippen molar-refractivity contribution in [2.24, 2.45) is 0 Å². The lowest BCUT2D eigenvalue weighted by atomic mass is 10.9. The van der Waals surface area contributed by atoms with Crippen molar-refractivity contribution in [2.75, 3.05) is 7.11 Å². The Labute approximate surface area is 73.5 Å². The van der Waals surface area contributed by atoms with E-state index in [1.54, 1.807) is 7.11 Å². The normalized spacial score (nSPS) is 13.1. The van der Waals surface area contributed by atoms with Crippen molar-refractivity contribution in [1.29, 1.82) is 0 Å². The maximum absolute atomic E-state index is 5.88. The summed E-state index contributed by atoms with van der Waals surface area (Å²) >= 11 is 0. The predicted octanol–water partition coefficient (Wildman–Crippen LogP) is 1.65. The van der Waals surface area contributed by atoms with E-state index in [1.807, 2.05) is 0 Å². The van der Waals surface area contributed by atoms with Gasteiger partial charge >= 0.3 is 0 Å². The Bertz CT molecular complexity index is 86.2. The van der Waals surface area contributed by atoms with Gasteiger partial charge in [-0.15, -0.1) is 0 Å². The van der Waals surface area contributed by atoms with Gasteiger partial charge in [-0.25, -0.2) is 0 Å². The molecule has 4 heteroatoms. The Morgan fingerprint density at radius 3 is 1.82 bits per heavy atom. The smallest absolute Gasteiger partial charge is 0.293 e. The van der Waals surface area contributed by atoms with Gasteiger partial charge in [-0.1, -0.05) is 20.8 Å². The first-order valence-corrected chi connectivity index (χ1v) is 8.06. The van der Waals surface area contributed by atoms with E-state index in [4.69, 9.17) is 8.54 Å². The Balaban J connectivity index is 3.84. The quantitative estimate of drug-likeness (QED) is 0.596. The van der Waals surface area contributed by atoms with Crippen LogP contribution in [0.3, 0.4) is 0 Å². The van der Waals surface area contributed by atoms with Crippen molar-refractivity contribution in [3.63, 3.8) is 0 Å². The van der Waals surface area contributed by atoms with Gasteiger partial charge in [0.05, 0.1) is 0 Å². The molecule has 0 amide bonds. The SMILES string of the molecule is CC[Si](CC)(CC)O[SiH2]OC. The molecular weight excluding hydrogens is 172 g/mol. The lowest BCUT2D eigenvalue weighted by Crippen LogP contribution is -2.37. The van der Waals surface area contributed by atoms with Crippen molar-refractivity contribution in [2.45, 2.75) is 38.9 Å². The minimum absolute atomic E-state index is 0.654. The van der Waals surface area contributed by atoms with Crippen LogP contribution in [0.1, 0.15) is 20.8 Å². The zero-order valence-electron chi connectivity index (χ0n) is 8.14. The van der Waals surface area contributed by atoms with E-state index in [9.17, 15) is 0 Å². The van der Waals surface area contributed by atoms with Gasteiger partial charge in [0.1, 0.15) is 0 Å². The molecule has 0 saturated heterocycles. The van der Waals surface area contributed by atoms with Gasteiger partial charge in [0.15, 0.2) is 8.32 Å². The van der Waals surface area contributed by atoms with Gasteiger partial charge in [-0.05, 0) is 18.1 Å². The molecule has 0 heterocycles. The van der Waals surface area contributed by atoms with Gasteiger partial charge in [0, 0.05) is 7.11 Å². The lowest BCUT2D eigenvalue weighted by molar-refractivity contribution is 0.359. The molecule has 0 fully saturated rings. The van der Waals surface area contributed by atoms with Crippen molar-refractivity contribution in [3.8, 4) is 0 Å². The molecule has 0 aliphatic carbocycles. The highest BCUT2D eigenvalue weighted by Crippen LogP contribution is 2.20. The fourth-order valence-corrected chi connectivity index (χ4v) is 6.66. The first-order valence-electron chi connectivity index (χ1n) is 4.37. The number of hydrogen-bond acceptors (Lipinski definition) is 2. The summed E-state index contributed by atoms with van der Waals surface area (Å²) in [5.74, 6) is 0. The molecule has 0 unspecified atom stereocenters. The molecule has 0 saturated carbocycles. The van der Waals surface area contributed by atoms with Gasteiger partial charge < -0.3 is 8.54 Å². The topological polar surface area (TPSA) is 18.5 Å². The summed E-state index contributed by atoms with van der Waals surface area (Å²) in [6, 6.07) is 3.70. The maximum Gasteiger partial charge on any atom is 0.293 e. The van der Waals surface area contributed by atoms with Crippen LogP contribution in [0.25, 0.3) is 0 Å². The van der Waals surface area contributed by atoms with E-state index in [-0.39, 0.29) is 0 Å². The lowest BCUT2D eigenvalue weighted by Gasteiger charge is -2.27. The highest BCUT2D eigenvalue weighted by Gasteiger charge is 2.27. The van der Waals surface area contributed by atoms with Crippen molar-refractivity contribution in [3.05, 3.63) is 0 Å². The second kappa shape index (κ2) is 5.94. The average molecular weight is 192 g/mol. The fourth-order valence-electron chi connectivity index (χ4n) is 1.24. The number of hydrogen-bond donors (Lipinski definition) is 0. The average Bonchev–Trinajstić information content (AvgIpc) is 2.08. The van der Waals surface area contributed by atoms with Gasteiger partial charge in [-0.3, -0.25) is 0 Å². The van der Waals surface area contributed by atoms with Crippen LogP contribution in [-0.2, 0) is 8.54 Å². The molecule has 68 valence electrons. The molecule has 0 radical (unpaired) electrons. The summed E-state index contributed by atoms with van der Waals surface area (Å²) in [6.07, 6.45) is 0. The Morgan fingerprint density at radius 1 is 1.09 bits per heavy atom. The van der Waals surface area contributed by atoms with Gasteiger partial charge in [0.25, 0.3) is 10.0 Å². The van der Waals surface area contributed by atoms with Crippen LogP contribution in [-0.4, -0.2) is 25.4 Å². The van der Waals surface area contributed by atoms with Gasteiger partial charge in [-0.2, -0.15) is 0 Å². The predicted molar refractivity (Wildman–Crippen MR) is 53.8 cm³/mol. The van der Waals surface area contributed by atoms with Crippen molar-refractivity contribution in [1.82, 2.24) is 0 Å². The van der Waals surface area contributed by atoms with Crippen molar-refractivity contribution >= 4 is 18.3 Å². The molecule has 0 atom stereocenters. The molecule has 0 N–H and O–H groups in total. The van der Waals surface area contributed by atoms with Crippen LogP contribution < -0.4 is 0 Å². The standard InChI is InChI=1S/C7H20O2Si2/c1-5-11(6-2,7-3)9-10-8-4/h5-7,10H2,1-4H3. The van der Waals surface area contributed by atoms with Crippen LogP contribution in [0, 0.1) is 0 Å². The third-order valence-corrected chi connectivity index (χ3v) is 9.44. The molecule has 0 rings (SSSR count). The van der Waals surface area contributed by atoms with Crippen LogP contribution >= 0.6 is 0 Å². The second-order valence-corrected chi connectivity index (χ2v) is 9.25. The first-order chi connectivity index (χ1) is 5.24. The maximum atomic E-state index is 5.88. The fraction of sp³-hybridized carbons (Fsp3) is 1.00. The highest BCUT2D eigenvalue weighted by atomic mass is 28.4. The monoisotopic (exact) mass is 192 g/mol. The largest absolute Gasteiger partial charge is 0.440 e. The molecular formula is C7H20O2Si2. The van der Waals surface area contributed by atoms with E-state index >= 15 is 0 Å². The summed E-state index contributed by atoms with van der Waals surface area (Å²) in [4.78, 5) is 0. The van der Waals surface area contributed by atoms with E-state index in [0.717, 1.165) is 0 Å².